The summed E-state index contributed by atoms with van der Waals surface area (Å²) in [6, 6.07) is 8.17. The highest BCUT2D eigenvalue weighted by Gasteiger charge is 1.97. The molecule has 1 aromatic heterocycles. The average Bonchev–Trinajstić information content (AvgIpc) is 2.83. The number of amidine groups is 1. The Morgan fingerprint density at radius 1 is 1.24 bits per heavy atom. The van der Waals surface area contributed by atoms with Gasteiger partial charge in [-0.2, -0.15) is 5.10 Å². The van der Waals surface area contributed by atoms with Gasteiger partial charge in [0.2, 0.25) is 0 Å². The minimum absolute atomic E-state index is 0.184. The molecule has 0 fully saturated rings. The largest absolute Gasteiger partial charge is 0.508 e. The van der Waals surface area contributed by atoms with Crippen LogP contribution in [-0.4, -0.2) is 17.2 Å². The smallest absolute Gasteiger partial charge is 0.153 e. The van der Waals surface area contributed by atoms with E-state index in [1.165, 1.54) is 18.3 Å². The number of benzene rings is 1. The first-order valence-electron chi connectivity index (χ1n) is 4.94. The predicted octanol–water partition coefficient (Wildman–Crippen LogP) is 1.72. The molecule has 0 aliphatic heterocycles. The molecule has 0 unspecified atom stereocenters. The molecule has 2 rings (SSSR count). The van der Waals surface area contributed by atoms with E-state index in [1.807, 2.05) is 0 Å². The molecular weight excluding hydrogens is 218 g/mol. The monoisotopic (exact) mass is 229 g/mol. The number of hydrogen-bond acceptors (Lipinski definition) is 4. The molecule has 17 heavy (non-hydrogen) atoms. The van der Waals surface area contributed by atoms with E-state index < -0.39 is 0 Å². The summed E-state index contributed by atoms with van der Waals surface area (Å²) in [6.45, 7) is 0. The highest BCUT2D eigenvalue weighted by Crippen LogP contribution is 2.09. The van der Waals surface area contributed by atoms with Crippen LogP contribution in [0.5, 0.6) is 5.75 Å². The van der Waals surface area contributed by atoms with Crippen molar-refractivity contribution in [2.24, 2.45) is 15.9 Å². The van der Waals surface area contributed by atoms with Crippen LogP contribution in [0.2, 0.25) is 0 Å². The van der Waals surface area contributed by atoms with Crippen molar-refractivity contribution in [1.29, 1.82) is 0 Å². The number of nitrogens with two attached hydrogens (primary N) is 1. The average molecular weight is 229 g/mol. The first-order chi connectivity index (χ1) is 8.25. The van der Waals surface area contributed by atoms with Crippen molar-refractivity contribution in [2.45, 2.75) is 0 Å². The molecule has 1 heterocycles. The fourth-order valence-corrected chi connectivity index (χ4v) is 1.20. The standard InChI is InChI=1S/C12H11N3O2/c13-12(10-1-3-11(16)4-2-10)15-14-7-9-5-6-17-8-9/h1-8,16H,(H2,13,15)/b14-7+. The summed E-state index contributed by atoms with van der Waals surface area (Å²) < 4.78 is 4.87. The van der Waals surface area contributed by atoms with Crippen LogP contribution in [-0.2, 0) is 0 Å². The minimum Gasteiger partial charge on any atom is -0.508 e. The molecule has 1 aromatic carbocycles. The third-order valence-corrected chi connectivity index (χ3v) is 2.08. The Labute approximate surface area is 97.9 Å². The van der Waals surface area contributed by atoms with Crippen LogP contribution < -0.4 is 5.73 Å². The number of furan rings is 1. The molecule has 0 bridgehead atoms. The highest BCUT2D eigenvalue weighted by atomic mass is 16.3. The van der Waals surface area contributed by atoms with Gasteiger partial charge in [0.25, 0.3) is 0 Å². The summed E-state index contributed by atoms with van der Waals surface area (Å²) >= 11 is 0. The Kier molecular flexibility index (Phi) is 3.20. The Bertz CT molecular complexity index is 527. The van der Waals surface area contributed by atoms with E-state index in [9.17, 15) is 0 Å². The molecular formula is C12H11N3O2. The van der Waals surface area contributed by atoms with Crippen LogP contribution in [0.3, 0.4) is 0 Å². The van der Waals surface area contributed by atoms with E-state index in [4.69, 9.17) is 15.3 Å². The maximum Gasteiger partial charge on any atom is 0.153 e. The maximum atomic E-state index is 9.12. The number of aromatic hydroxyl groups is 1. The second kappa shape index (κ2) is 4.98. The van der Waals surface area contributed by atoms with Gasteiger partial charge in [-0.05, 0) is 30.3 Å². The normalized spacial score (nSPS) is 12.1. The van der Waals surface area contributed by atoms with Gasteiger partial charge in [0.1, 0.15) is 5.75 Å². The molecule has 0 radical (unpaired) electrons. The minimum atomic E-state index is 0.184. The van der Waals surface area contributed by atoms with Gasteiger partial charge in [0.15, 0.2) is 5.84 Å². The fraction of sp³-hybridized carbons (Fsp3) is 0. The lowest BCUT2D eigenvalue weighted by atomic mass is 10.2. The number of rotatable bonds is 3. The van der Waals surface area contributed by atoms with Crippen LogP contribution in [0.4, 0.5) is 0 Å². The lowest BCUT2D eigenvalue weighted by Crippen LogP contribution is -2.12. The third kappa shape index (κ3) is 2.94. The number of phenols is 1. The van der Waals surface area contributed by atoms with Crippen molar-refractivity contribution in [2.75, 3.05) is 0 Å². The van der Waals surface area contributed by atoms with Crippen LogP contribution in [0.1, 0.15) is 11.1 Å². The summed E-state index contributed by atoms with van der Waals surface area (Å²) in [5.41, 5.74) is 7.23. The van der Waals surface area contributed by atoms with Gasteiger partial charge in [0, 0.05) is 11.1 Å². The van der Waals surface area contributed by atoms with Gasteiger partial charge >= 0.3 is 0 Å². The van der Waals surface area contributed by atoms with Crippen LogP contribution in [0.15, 0.2) is 57.5 Å². The molecule has 5 heteroatoms. The Balaban J connectivity index is 2.09. The molecule has 86 valence electrons. The van der Waals surface area contributed by atoms with Crippen molar-refractivity contribution >= 4 is 12.1 Å². The van der Waals surface area contributed by atoms with Crippen LogP contribution in [0.25, 0.3) is 0 Å². The van der Waals surface area contributed by atoms with E-state index in [1.54, 1.807) is 30.7 Å². The maximum absolute atomic E-state index is 9.12. The second-order valence-electron chi connectivity index (χ2n) is 3.33. The van der Waals surface area contributed by atoms with E-state index in [0.717, 1.165) is 5.56 Å². The zero-order chi connectivity index (χ0) is 12.1. The lowest BCUT2D eigenvalue weighted by Gasteiger charge is -1.97. The van der Waals surface area contributed by atoms with Crippen molar-refractivity contribution in [3.8, 4) is 5.75 Å². The van der Waals surface area contributed by atoms with Crippen molar-refractivity contribution in [3.63, 3.8) is 0 Å². The summed E-state index contributed by atoms with van der Waals surface area (Å²) in [6.07, 6.45) is 4.64. The molecule has 0 aliphatic rings. The van der Waals surface area contributed by atoms with Gasteiger partial charge in [0.05, 0.1) is 18.7 Å². The molecule has 0 saturated carbocycles. The third-order valence-electron chi connectivity index (χ3n) is 2.08. The summed E-state index contributed by atoms with van der Waals surface area (Å²) in [5, 5.41) is 16.8. The summed E-state index contributed by atoms with van der Waals surface area (Å²) in [5.74, 6) is 0.466. The first-order valence-corrected chi connectivity index (χ1v) is 4.94. The van der Waals surface area contributed by atoms with Gasteiger partial charge in [-0.25, -0.2) is 0 Å². The lowest BCUT2D eigenvalue weighted by molar-refractivity contribution is 0.475. The topological polar surface area (TPSA) is 84.1 Å². The first kappa shape index (κ1) is 10.9. The summed E-state index contributed by atoms with van der Waals surface area (Å²) in [7, 11) is 0. The summed E-state index contributed by atoms with van der Waals surface area (Å²) in [4.78, 5) is 0. The molecule has 0 amide bonds. The van der Waals surface area contributed by atoms with E-state index in [2.05, 4.69) is 10.2 Å². The highest BCUT2D eigenvalue weighted by molar-refractivity contribution is 5.97. The molecule has 0 saturated heterocycles. The Morgan fingerprint density at radius 3 is 2.65 bits per heavy atom. The van der Waals surface area contributed by atoms with Crippen molar-refractivity contribution in [3.05, 3.63) is 54.0 Å². The Hall–Kier alpha value is -2.56. The molecule has 2 aromatic rings. The van der Waals surface area contributed by atoms with E-state index in [-0.39, 0.29) is 11.6 Å². The molecule has 3 N–H and O–H groups in total. The SMILES string of the molecule is N/C(=N\N=C\c1ccoc1)c1ccc(O)cc1. The Morgan fingerprint density at radius 2 is 2.00 bits per heavy atom. The number of nitrogens with zero attached hydrogens (tertiary/aromatic N) is 2. The van der Waals surface area contributed by atoms with Gasteiger partial charge < -0.3 is 15.3 Å². The molecule has 0 atom stereocenters. The van der Waals surface area contributed by atoms with Gasteiger partial charge in [-0.1, -0.05) is 0 Å². The molecule has 5 nitrogen and oxygen atoms in total. The van der Waals surface area contributed by atoms with Crippen LogP contribution in [0, 0.1) is 0 Å². The van der Waals surface area contributed by atoms with Crippen molar-refractivity contribution in [1.82, 2.24) is 0 Å². The zero-order valence-electron chi connectivity index (χ0n) is 8.95. The van der Waals surface area contributed by atoms with E-state index in [0.29, 0.717) is 5.56 Å². The van der Waals surface area contributed by atoms with Gasteiger partial charge in [-0.15, -0.1) is 5.10 Å². The van der Waals surface area contributed by atoms with Gasteiger partial charge in [-0.3, -0.25) is 0 Å². The second-order valence-corrected chi connectivity index (χ2v) is 3.33. The van der Waals surface area contributed by atoms with Crippen molar-refractivity contribution < 1.29 is 9.52 Å². The number of hydrogen-bond donors (Lipinski definition) is 2. The zero-order valence-corrected chi connectivity index (χ0v) is 8.95. The molecule has 0 aliphatic carbocycles. The fourth-order valence-electron chi connectivity index (χ4n) is 1.20. The van der Waals surface area contributed by atoms with E-state index >= 15 is 0 Å². The molecule has 0 spiro atoms. The van der Waals surface area contributed by atoms with Crippen LogP contribution >= 0.6 is 0 Å². The number of phenolic OH excluding ortho intramolecular Hbond substituents is 1. The quantitative estimate of drug-likeness (QED) is 0.477. The predicted molar refractivity (Wildman–Crippen MR) is 65.1 cm³/mol.